The second kappa shape index (κ2) is 5.57. The monoisotopic (exact) mass is 331 g/mol. The van der Waals surface area contributed by atoms with E-state index in [0.29, 0.717) is 12.3 Å². The molecule has 0 spiro atoms. The number of fused-ring (bicyclic) bond motifs is 1. The van der Waals surface area contributed by atoms with E-state index in [1.807, 2.05) is 4.90 Å². The van der Waals surface area contributed by atoms with Gasteiger partial charge in [0.25, 0.3) is 0 Å². The van der Waals surface area contributed by atoms with Crippen LogP contribution >= 0.6 is 15.9 Å². The Balaban J connectivity index is 1.97. The molecule has 0 aromatic heterocycles. The molecular formula is C17H18BrNO. The lowest BCUT2D eigenvalue weighted by atomic mass is 9.99. The Morgan fingerprint density at radius 2 is 2.00 bits per heavy atom. The summed E-state index contributed by atoms with van der Waals surface area (Å²) in [5.74, 6) is 0.717. The highest BCUT2D eigenvalue weighted by Crippen LogP contribution is 2.32. The molecule has 1 unspecified atom stereocenters. The maximum Gasteiger partial charge on any atom is 0.223 e. The summed E-state index contributed by atoms with van der Waals surface area (Å²) in [6.45, 7) is 2.99. The zero-order valence-corrected chi connectivity index (χ0v) is 13.1. The number of alkyl halides is 1. The SMILES string of the molecule is C[C@@H](c1cccc2ccccc12)N1CC(CBr)CC1=O. The first kappa shape index (κ1) is 13.6. The van der Waals surface area contributed by atoms with E-state index in [9.17, 15) is 4.79 Å². The summed E-state index contributed by atoms with van der Waals surface area (Å²) in [6, 6.07) is 14.9. The van der Waals surface area contributed by atoms with E-state index in [4.69, 9.17) is 0 Å². The van der Waals surface area contributed by atoms with Crippen molar-refractivity contribution < 1.29 is 4.79 Å². The average molecular weight is 332 g/mol. The van der Waals surface area contributed by atoms with Crippen LogP contribution in [0.3, 0.4) is 0 Å². The third-order valence-electron chi connectivity index (χ3n) is 4.20. The first-order valence-electron chi connectivity index (χ1n) is 7.04. The van der Waals surface area contributed by atoms with Gasteiger partial charge in [-0.25, -0.2) is 0 Å². The van der Waals surface area contributed by atoms with Crippen LogP contribution in [0.1, 0.15) is 24.9 Å². The van der Waals surface area contributed by atoms with Gasteiger partial charge in [-0.2, -0.15) is 0 Å². The highest BCUT2D eigenvalue weighted by atomic mass is 79.9. The molecule has 0 radical (unpaired) electrons. The second-order valence-corrected chi connectivity index (χ2v) is 6.16. The van der Waals surface area contributed by atoms with E-state index < -0.39 is 0 Å². The van der Waals surface area contributed by atoms with Crippen molar-refractivity contribution in [3.05, 3.63) is 48.0 Å². The summed E-state index contributed by atoms with van der Waals surface area (Å²) >= 11 is 3.50. The van der Waals surface area contributed by atoms with Crippen molar-refractivity contribution in [3.8, 4) is 0 Å². The molecule has 1 heterocycles. The summed E-state index contributed by atoms with van der Waals surface area (Å²) in [6.07, 6.45) is 0.667. The predicted molar refractivity (Wildman–Crippen MR) is 86.0 cm³/mol. The standard InChI is InChI=1S/C17H18BrNO/c1-12(19-11-13(10-18)9-17(19)20)15-8-4-6-14-5-2-3-7-16(14)15/h2-8,12-13H,9-11H2,1H3/t12-,13?/m0/s1. The molecule has 0 saturated carbocycles. The third-order valence-corrected chi connectivity index (χ3v) is 5.11. The van der Waals surface area contributed by atoms with Crippen LogP contribution in [0.2, 0.25) is 0 Å². The maximum atomic E-state index is 12.2. The molecule has 104 valence electrons. The molecule has 0 bridgehead atoms. The van der Waals surface area contributed by atoms with E-state index in [1.165, 1.54) is 16.3 Å². The number of benzene rings is 2. The van der Waals surface area contributed by atoms with Crippen LogP contribution in [-0.2, 0) is 4.79 Å². The van der Waals surface area contributed by atoms with Crippen LogP contribution in [0.15, 0.2) is 42.5 Å². The lowest BCUT2D eigenvalue weighted by molar-refractivity contribution is -0.129. The van der Waals surface area contributed by atoms with Gasteiger partial charge in [0, 0.05) is 18.3 Å². The third kappa shape index (κ3) is 2.35. The molecular weight excluding hydrogens is 314 g/mol. The Bertz CT molecular complexity index is 634. The van der Waals surface area contributed by atoms with Crippen molar-refractivity contribution >= 4 is 32.6 Å². The van der Waals surface area contributed by atoms with Crippen molar-refractivity contribution in [2.24, 2.45) is 5.92 Å². The van der Waals surface area contributed by atoms with Crippen molar-refractivity contribution in [1.29, 1.82) is 0 Å². The Kier molecular flexibility index (Phi) is 3.79. The van der Waals surface area contributed by atoms with E-state index in [0.717, 1.165) is 11.9 Å². The zero-order valence-electron chi connectivity index (χ0n) is 11.6. The molecule has 1 aliphatic rings. The Hall–Kier alpha value is -1.35. The number of nitrogens with zero attached hydrogens (tertiary/aromatic N) is 1. The molecule has 1 fully saturated rings. The van der Waals surface area contributed by atoms with Crippen molar-refractivity contribution in [1.82, 2.24) is 4.90 Å². The van der Waals surface area contributed by atoms with Crippen LogP contribution < -0.4 is 0 Å². The van der Waals surface area contributed by atoms with Crippen molar-refractivity contribution in [2.75, 3.05) is 11.9 Å². The fourth-order valence-electron chi connectivity index (χ4n) is 3.07. The summed E-state index contributed by atoms with van der Waals surface area (Å²) in [5.41, 5.74) is 1.24. The van der Waals surface area contributed by atoms with Gasteiger partial charge in [0.2, 0.25) is 5.91 Å². The molecule has 3 rings (SSSR count). The molecule has 1 amide bonds. The number of hydrogen-bond donors (Lipinski definition) is 0. The van der Waals surface area contributed by atoms with E-state index in [2.05, 4.69) is 65.3 Å². The van der Waals surface area contributed by atoms with Crippen LogP contribution in [0, 0.1) is 5.92 Å². The largest absolute Gasteiger partial charge is 0.336 e. The molecule has 1 saturated heterocycles. The minimum atomic E-state index is 0.137. The minimum Gasteiger partial charge on any atom is -0.336 e. The molecule has 20 heavy (non-hydrogen) atoms. The maximum absolute atomic E-state index is 12.2. The van der Waals surface area contributed by atoms with Crippen LogP contribution in [0.25, 0.3) is 10.8 Å². The Labute approximate surface area is 127 Å². The van der Waals surface area contributed by atoms with Crippen LogP contribution in [0.4, 0.5) is 0 Å². The van der Waals surface area contributed by atoms with Gasteiger partial charge in [-0.1, -0.05) is 58.4 Å². The number of rotatable bonds is 3. The first-order chi connectivity index (χ1) is 9.70. The highest BCUT2D eigenvalue weighted by Gasteiger charge is 2.32. The average Bonchev–Trinajstić information content (AvgIpc) is 2.87. The fraction of sp³-hybridized carbons (Fsp3) is 0.353. The number of halogens is 1. The van der Waals surface area contributed by atoms with Crippen molar-refractivity contribution in [2.45, 2.75) is 19.4 Å². The zero-order chi connectivity index (χ0) is 14.1. The van der Waals surface area contributed by atoms with Crippen molar-refractivity contribution in [3.63, 3.8) is 0 Å². The van der Waals surface area contributed by atoms with E-state index in [1.54, 1.807) is 0 Å². The summed E-state index contributed by atoms with van der Waals surface area (Å²) in [7, 11) is 0. The fourth-order valence-corrected chi connectivity index (χ4v) is 3.50. The summed E-state index contributed by atoms with van der Waals surface area (Å²) in [4.78, 5) is 14.2. The van der Waals surface area contributed by atoms with E-state index in [-0.39, 0.29) is 11.9 Å². The number of amides is 1. The predicted octanol–water partition coefficient (Wildman–Crippen LogP) is 4.14. The molecule has 2 atom stereocenters. The number of carbonyl (C=O) groups is 1. The van der Waals surface area contributed by atoms with E-state index >= 15 is 0 Å². The molecule has 3 heteroatoms. The Morgan fingerprint density at radius 3 is 2.75 bits per heavy atom. The first-order valence-corrected chi connectivity index (χ1v) is 8.16. The van der Waals surface area contributed by atoms with Crippen LogP contribution in [-0.4, -0.2) is 22.7 Å². The number of carbonyl (C=O) groups excluding carboxylic acids is 1. The lowest BCUT2D eigenvalue weighted by Gasteiger charge is -2.26. The number of likely N-dealkylation sites (tertiary alicyclic amines) is 1. The van der Waals surface area contributed by atoms with Gasteiger partial charge >= 0.3 is 0 Å². The normalized spacial score (nSPS) is 20.6. The quantitative estimate of drug-likeness (QED) is 0.774. The molecule has 1 aliphatic heterocycles. The molecule has 0 N–H and O–H groups in total. The topological polar surface area (TPSA) is 20.3 Å². The number of hydrogen-bond acceptors (Lipinski definition) is 1. The highest BCUT2D eigenvalue weighted by molar-refractivity contribution is 9.09. The van der Waals surface area contributed by atoms with Gasteiger partial charge in [0.05, 0.1) is 6.04 Å². The molecule has 2 nitrogen and oxygen atoms in total. The summed E-state index contributed by atoms with van der Waals surface area (Å²) in [5, 5.41) is 3.38. The second-order valence-electron chi connectivity index (χ2n) is 5.51. The Morgan fingerprint density at radius 1 is 1.25 bits per heavy atom. The minimum absolute atomic E-state index is 0.137. The smallest absolute Gasteiger partial charge is 0.223 e. The molecule has 2 aromatic rings. The van der Waals surface area contributed by atoms with Gasteiger partial charge in [-0.3, -0.25) is 4.79 Å². The molecule has 0 aliphatic carbocycles. The van der Waals surface area contributed by atoms with Gasteiger partial charge in [0.15, 0.2) is 0 Å². The summed E-state index contributed by atoms with van der Waals surface area (Å²) < 4.78 is 0. The van der Waals surface area contributed by atoms with Gasteiger partial charge in [-0.15, -0.1) is 0 Å². The lowest BCUT2D eigenvalue weighted by Crippen LogP contribution is -2.28. The van der Waals surface area contributed by atoms with Gasteiger partial charge in [-0.05, 0) is 29.2 Å². The molecule has 2 aromatic carbocycles. The van der Waals surface area contributed by atoms with Gasteiger partial charge in [0.1, 0.15) is 0 Å². The van der Waals surface area contributed by atoms with Gasteiger partial charge < -0.3 is 4.90 Å². The van der Waals surface area contributed by atoms with Crippen LogP contribution in [0.5, 0.6) is 0 Å².